The van der Waals surface area contributed by atoms with Gasteiger partial charge in [0, 0.05) is 32.6 Å². The van der Waals surface area contributed by atoms with Crippen molar-refractivity contribution in [2.45, 2.75) is 97.0 Å². The molecule has 1 amide bonds. The summed E-state index contributed by atoms with van der Waals surface area (Å²) in [6, 6.07) is 0. The molecule has 0 heterocycles. The zero-order valence-corrected chi connectivity index (χ0v) is 19.2. The maximum Gasteiger partial charge on any atom is 0.219 e. The molecule has 0 aliphatic carbocycles. The zero-order chi connectivity index (χ0) is 21.6. The smallest absolute Gasteiger partial charge is 0.219 e. The molecular weight excluding hydrogens is 368 g/mol. The first kappa shape index (κ1) is 28.3. The molecule has 0 aliphatic heterocycles. The predicted octanol–water partition coefficient (Wildman–Crippen LogP) is 3.50. The number of carbonyl (C=O) groups excluding carboxylic acids is 1. The summed E-state index contributed by atoms with van der Waals surface area (Å²) in [5, 5.41) is 21.0. The Morgan fingerprint density at radius 3 is 2.00 bits per heavy atom. The van der Waals surface area contributed by atoms with Crippen LogP contribution in [-0.2, 0) is 9.53 Å². The Balaban J connectivity index is 3.47. The van der Waals surface area contributed by atoms with Crippen molar-refractivity contribution < 1.29 is 19.7 Å². The molecule has 0 saturated carbocycles. The lowest BCUT2D eigenvalue weighted by atomic mass is 10.1. The van der Waals surface area contributed by atoms with Crippen LogP contribution in [0.5, 0.6) is 0 Å². The van der Waals surface area contributed by atoms with Crippen LogP contribution in [0.2, 0.25) is 0 Å². The Bertz CT molecular complexity index is 350. The second-order valence-corrected chi connectivity index (χ2v) is 8.04. The van der Waals surface area contributed by atoms with Gasteiger partial charge < -0.3 is 20.3 Å². The highest BCUT2D eigenvalue weighted by molar-refractivity contribution is 5.75. The molecule has 1 atom stereocenters. The van der Waals surface area contributed by atoms with Crippen LogP contribution in [0.3, 0.4) is 0 Å². The van der Waals surface area contributed by atoms with Gasteiger partial charge in [-0.2, -0.15) is 0 Å². The van der Waals surface area contributed by atoms with Crippen LogP contribution in [0.4, 0.5) is 0 Å². The summed E-state index contributed by atoms with van der Waals surface area (Å²) >= 11 is 0. The topological polar surface area (TPSA) is 82.0 Å². The minimum atomic E-state index is 0.0812. The van der Waals surface area contributed by atoms with Crippen LogP contribution in [0.1, 0.15) is 90.9 Å². The second-order valence-electron chi connectivity index (χ2n) is 8.04. The minimum Gasteiger partial charge on any atom is -0.395 e. The van der Waals surface area contributed by atoms with E-state index >= 15 is 0 Å². The lowest BCUT2D eigenvalue weighted by Gasteiger charge is -2.21. The van der Waals surface area contributed by atoms with Gasteiger partial charge in [-0.25, -0.2) is 0 Å². The van der Waals surface area contributed by atoms with Gasteiger partial charge in [0.2, 0.25) is 5.91 Å². The van der Waals surface area contributed by atoms with Gasteiger partial charge in [0.15, 0.2) is 0 Å². The summed E-state index contributed by atoms with van der Waals surface area (Å²) in [7, 11) is 0. The number of unbranched alkanes of at least 4 members (excludes halogenated alkanes) is 9. The van der Waals surface area contributed by atoms with Crippen molar-refractivity contribution in [1.82, 2.24) is 10.2 Å². The number of ether oxygens (including phenoxy) is 1. The number of carbonyl (C=O) groups is 1. The fourth-order valence-electron chi connectivity index (χ4n) is 3.36. The van der Waals surface area contributed by atoms with Crippen molar-refractivity contribution >= 4 is 5.91 Å². The highest BCUT2D eigenvalue weighted by atomic mass is 16.5. The van der Waals surface area contributed by atoms with Gasteiger partial charge in [-0.3, -0.25) is 9.69 Å². The number of aliphatic hydroxyl groups is 2. The van der Waals surface area contributed by atoms with E-state index in [1.807, 2.05) is 11.8 Å². The van der Waals surface area contributed by atoms with E-state index in [1.54, 1.807) is 0 Å². The summed E-state index contributed by atoms with van der Waals surface area (Å²) in [4.78, 5) is 13.9. The third-order valence-electron chi connectivity index (χ3n) is 5.27. The van der Waals surface area contributed by atoms with E-state index in [-0.39, 0.29) is 25.2 Å². The number of nitrogens with zero attached hydrogens (tertiary/aromatic N) is 1. The van der Waals surface area contributed by atoms with E-state index in [9.17, 15) is 4.79 Å². The van der Waals surface area contributed by atoms with E-state index in [0.717, 1.165) is 19.3 Å². The number of amides is 1. The van der Waals surface area contributed by atoms with E-state index in [0.29, 0.717) is 39.2 Å². The van der Waals surface area contributed by atoms with Crippen molar-refractivity contribution in [2.75, 3.05) is 46.0 Å². The molecule has 1 unspecified atom stereocenters. The Labute approximate surface area is 179 Å². The molecule has 3 N–H and O–H groups in total. The molecule has 0 fully saturated rings. The van der Waals surface area contributed by atoms with Gasteiger partial charge in [0.25, 0.3) is 0 Å². The van der Waals surface area contributed by atoms with Gasteiger partial charge in [0.05, 0.1) is 25.9 Å². The normalized spacial score (nSPS) is 12.4. The number of rotatable bonds is 22. The highest BCUT2D eigenvalue weighted by Crippen LogP contribution is 2.11. The van der Waals surface area contributed by atoms with Crippen LogP contribution >= 0.6 is 0 Å². The first-order chi connectivity index (χ1) is 14.1. The molecule has 0 aliphatic rings. The average molecular weight is 417 g/mol. The summed E-state index contributed by atoms with van der Waals surface area (Å²) in [5.74, 6) is 0.147. The number of nitrogens with one attached hydrogen (secondary N) is 1. The van der Waals surface area contributed by atoms with Crippen LogP contribution in [0.15, 0.2) is 0 Å². The summed E-state index contributed by atoms with van der Waals surface area (Å²) in [5.41, 5.74) is 0. The fraction of sp³-hybridized carbons (Fsp3) is 0.957. The molecule has 0 spiro atoms. The van der Waals surface area contributed by atoms with Gasteiger partial charge in [0.1, 0.15) is 0 Å². The molecule has 0 bridgehead atoms. The Hall–Kier alpha value is -0.690. The van der Waals surface area contributed by atoms with Gasteiger partial charge in [-0.1, -0.05) is 64.7 Å². The SMILES string of the molecule is CCCCCCCCCCCCC(=O)NCCC(C)OCCN(CCO)CCO. The maximum atomic E-state index is 11.9. The molecule has 0 aromatic carbocycles. The molecule has 6 nitrogen and oxygen atoms in total. The molecule has 6 heteroatoms. The predicted molar refractivity (Wildman–Crippen MR) is 120 cm³/mol. The lowest BCUT2D eigenvalue weighted by molar-refractivity contribution is -0.121. The number of aliphatic hydroxyl groups excluding tert-OH is 2. The molecule has 29 heavy (non-hydrogen) atoms. The third kappa shape index (κ3) is 20.4. The first-order valence-electron chi connectivity index (χ1n) is 12.0. The Morgan fingerprint density at radius 2 is 1.45 bits per heavy atom. The maximum absolute atomic E-state index is 11.9. The quantitative estimate of drug-likeness (QED) is 0.235. The Kier molecular flexibility index (Phi) is 21.5. The zero-order valence-electron chi connectivity index (χ0n) is 19.2. The van der Waals surface area contributed by atoms with E-state index < -0.39 is 0 Å². The van der Waals surface area contributed by atoms with Crippen LogP contribution in [0.25, 0.3) is 0 Å². The molecular formula is C23H48N2O4. The summed E-state index contributed by atoms with van der Waals surface area (Å²) < 4.78 is 5.76. The van der Waals surface area contributed by atoms with Crippen LogP contribution in [0, 0.1) is 0 Å². The van der Waals surface area contributed by atoms with Crippen molar-refractivity contribution in [3.63, 3.8) is 0 Å². The fourth-order valence-corrected chi connectivity index (χ4v) is 3.36. The highest BCUT2D eigenvalue weighted by Gasteiger charge is 2.07. The molecule has 174 valence electrons. The molecule has 0 aromatic rings. The first-order valence-corrected chi connectivity index (χ1v) is 12.0. The van der Waals surface area contributed by atoms with Crippen molar-refractivity contribution in [1.29, 1.82) is 0 Å². The van der Waals surface area contributed by atoms with Crippen LogP contribution < -0.4 is 5.32 Å². The van der Waals surface area contributed by atoms with Crippen molar-refractivity contribution in [2.24, 2.45) is 0 Å². The number of hydrogen-bond acceptors (Lipinski definition) is 5. The molecule has 0 aromatic heterocycles. The lowest BCUT2D eigenvalue weighted by Crippen LogP contribution is -2.34. The standard InChI is InChI=1S/C23H48N2O4/c1-3-4-5-6-7-8-9-10-11-12-13-23(28)24-15-14-22(2)29-21-18-25(16-19-26)17-20-27/h22,26-27H,3-21H2,1-2H3,(H,24,28). The van der Waals surface area contributed by atoms with Gasteiger partial charge in [-0.05, 0) is 19.8 Å². The van der Waals surface area contributed by atoms with Crippen molar-refractivity contribution in [3.05, 3.63) is 0 Å². The van der Waals surface area contributed by atoms with Gasteiger partial charge in [-0.15, -0.1) is 0 Å². The average Bonchev–Trinajstić information content (AvgIpc) is 2.69. The molecule has 0 radical (unpaired) electrons. The monoisotopic (exact) mass is 416 g/mol. The van der Waals surface area contributed by atoms with E-state index in [4.69, 9.17) is 14.9 Å². The largest absolute Gasteiger partial charge is 0.395 e. The molecule has 0 saturated heterocycles. The second kappa shape index (κ2) is 22.0. The molecule has 0 rings (SSSR count). The van der Waals surface area contributed by atoms with E-state index in [1.165, 1.54) is 51.4 Å². The Morgan fingerprint density at radius 1 is 0.897 bits per heavy atom. The minimum absolute atomic E-state index is 0.0812. The van der Waals surface area contributed by atoms with Gasteiger partial charge >= 0.3 is 0 Å². The summed E-state index contributed by atoms with van der Waals surface area (Å²) in [6.45, 7) is 7.43. The van der Waals surface area contributed by atoms with E-state index in [2.05, 4.69) is 12.2 Å². The van der Waals surface area contributed by atoms with Crippen LogP contribution in [-0.4, -0.2) is 73.1 Å². The summed E-state index contributed by atoms with van der Waals surface area (Å²) in [6.07, 6.45) is 14.3. The van der Waals surface area contributed by atoms with Crippen molar-refractivity contribution in [3.8, 4) is 0 Å². The third-order valence-corrected chi connectivity index (χ3v) is 5.27. The number of hydrogen-bond donors (Lipinski definition) is 3.